The molecule has 0 saturated heterocycles. The van der Waals surface area contributed by atoms with Crippen molar-refractivity contribution in [2.45, 2.75) is 75.7 Å². The highest BCUT2D eigenvalue weighted by Crippen LogP contribution is 2.39. The highest BCUT2D eigenvalue weighted by molar-refractivity contribution is 7.88. The number of nitrogens with one attached hydrogen (secondary N) is 3. The van der Waals surface area contributed by atoms with Gasteiger partial charge in [-0.05, 0) is 99.9 Å². The molecule has 8 rings (SSSR count). The van der Waals surface area contributed by atoms with Gasteiger partial charge in [-0.3, -0.25) is 0 Å². The summed E-state index contributed by atoms with van der Waals surface area (Å²) >= 11 is 11.8. The van der Waals surface area contributed by atoms with Crippen LogP contribution >= 0.6 is 23.2 Å². The van der Waals surface area contributed by atoms with Crippen molar-refractivity contribution in [2.75, 3.05) is 31.1 Å². The molecule has 2 aliphatic rings. The third-order valence-electron chi connectivity index (χ3n) is 10.6. The van der Waals surface area contributed by atoms with Gasteiger partial charge in [0.15, 0.2) is 23.0 Å². The number of hydrogen-bond donors (Lipinski definition) is 4. The van der Waals surface area contributed by atoms with Crippen molar-refractivity contribution in [3.8, 4) is 23.0 Å². The van der Waals surface area contributed by atoms with Crippen molar-refractivity contribution in [1.29, 1.82) is 0 Å². The molecule has 0 radical (unpaired) electrons. The summed E-state index contributed by atoms with van der Waals surface area (Å²) in [6.45, 7) is 0. The van der Waals surface area contributed by atoms with Gasteiger partial charge in [-0.25, -0.2) is 41.9 Å². The fraction of sp³-hybridized carbons (Fsp3) is 0.349. The van der Waals surface area contributed by atoms with Crippen LogP contribution in [0.25, 0.3) is 21.8 Å². The number of halogens is 4. The number of anilines is 4. The number of fused-ring (bicyclic) bond motifs is 2. The molecular formula is C43H46Cl2F2N8O6S. The van der Waals surface area contributed by atoms with Crippen molar-refractivity contribution < 1.29 is 36.1 Å². The van der Waals surface area contributed by atoms with Crippen LogP contribution in [0.2, 0.25) is 10.0 Å². The second-order valence-corrected chi connectivity index (χ2v) is 17.7. The number of hydrogen-bond acceptors (Lipinski definition) is 13. The second-order valence-electron chi connectivity index (χ2n) is 15.1. The van der Waals surface area contributed by atoms with Gasteiger partial charge in [0.05, 0.1) is 53.8 Å². The standard InChI is InChI=1S/C22H24ClFN4O4S.C21H22ClFN4O2/c1-31-20-11-19-16(22(26-12-25-19)27-14-5-8-18(24)17(23)9-14)10-21(20)32-15-6-3-13(4-7-15)28-33(2,29)30;1-28-19-10-18-15(9-20(19)29-14-5-2-12(24)3-6-14)21(26-11-25-18)27-13-4-7-17(23)16(22)8-13/h5,8-13,15,28H,3-4,6-7H2,1-2H3,(H,25,26,27);4,7-12,14H,2-3,5-6,24H2,1H3,(H,25,26,27). The van der Waals surface area contributed by atoms with Crippen LogP contribution in [-0.4, -0.2) is 73.1 Å². The zero-order valence-corrected chi connectivity index (χ0v) is 36.5. The predicted octanol–water partition coefficient (Wildman–Crippen LogP) is 9.24. The summed E-state index contributed by atoms with van der Waals surface area (Å²) in [7, 11) is -0.0714. The van der Waals surface area contributed by atoms with Crippen molar-refractivity contribution in [1.82, 2.24) is 24.7 Å². The topological polar surface area (TPSA) is 185 Å². The van der Waals surface area contributed by atoms with Crippen LogP contribution in [-0.2, 0) is 10.0 Å². The smallest absolute Gasteiger partial charge is 0.208 e. The van der Waals surface area contributed by atoms with E-state index in [1.54, 1.807) is 32.4 Å². The second kappa shape index (κ2) is 19.8. The minimum atomic E-state index is -3.23. The maximum atomic E-state index is 13.5. The number of aromatic nitrogens is 4. The van der Waals surface area contributed by atoms with E-state index in [2.05, 4.69) is 35.3 Å². The zero-order valence-electron chi connectivity index (χ0n) is 34.1. The molecular weight excluding hydrogens is 865 g/mol. The number of methoxy groups -OCH3 is 2. The monoisotopic (exact) mass is 910 g/mol. The molecule has 0 atom stereocenters. The molecule has 328 valence electrons. The van der Waals surface area contributed by atoms with Crippen molar-refractivity contribution >= 4 is 78.0 Å². The number of nitrogens with two attached hydrogens (primary N) is 1. The molecule has 0 amide bonds. The third-order valence-corrected chi connectivity index (χ3v) is 11.9. The van der Waals surface area contributed by atoms with Crippen molar-refractivity contribution in [2.24, 2.45) is 5.73 Å². The molecule has 0 bridgehead atoms. The lowest BCUT2D eigenvalue weighted by atomic mass is 9.93. The number of ether oxygens (including phenoxy) is 4. The van der Waals surface area contributed by atoms with Crippen LogP contribution in [0.15, 0.2) is 73.3 Å². The first-order valence-corrected chi connectivity index (χ1v) is 22.6. The molecule has 0 aliphatic heterocycles. The van der Waals surface area contributed by atoms with Gasteiger partial charge >= 0.3 is 0 Å². The summed E-state index contributed by atoms with van der Waals surface area (Å²) < 4.78 is 76.1. The Bertz CT molecular complexity index is 2650. The molecule has 14 nitrogen and oxygen atoms in total. The van der Waals surface area contributed by atoms with Gasteiger partial charge < -0.3 is 35.3 Å². The Balaban J connectivity index is 0.000000188. The first-order valence-electron chi connectivity index (χ1n) is 19.9. The lowest BCUT2D eigenvalue weighted by Gasteiger charge is -2.29. The Hall–Kier alpha value is -5.33. The Labute approximate surface area is 367 Å². The molecule has 2 saturated carbocycles. The molecule has 2 aromatic heterocycles. The van der Waals surface area contributed by atoms with E-state index in [9.17, 15) is 17.2 Å². The van der Waals surface area contributed by atoms with Crippen LogP contribution in [0.1, 0.15) is 51.4 Å². The van der Waals surface area contributed by atoms with Crippen LogP contribution in [0.4, 0.5) is 31.8 Å². The fourth-order valence-corrected chi connectivity index (χ4v) is 8.62. The minimum Gasteiger partial charge on any atom is -0.493 e. The SMILES string of the molecule is COc1cc2ncnc(Nc3ccc(F)c(Cl)c3)c2cc1OC1CCC(N)CC1.COc1cc2ncnc(Nc3ccc(F)c(Cl)c3)c2cc1OC1CCC(NS(C)(=O)=O)CC1. The van der Waals surface area contributed by atoms with E-state index in [1.807, 2.05) is 18.2 Å². The van der Waals surface area contributed by atoms with Gasteiger partial charge in [-0.1, -0.05) is 23.2 Å². The van der Waals surface area contributed by atoms with E-state index in [4.69, 9.17) is 47.9 Å². The molecule has 0 unspecified atom stereocenters. The Kier molecular flexibility index (Phi) is 14.3. The van der Waals surface area contributed by atoms with E-state index < -0.39 is 21.7 Å². The van der Waals surface area contributed by atoms with Gasteiger partial charge in [0.25, 0.3) is 0 Å². The first-order chi connectivity index (χ1) is 29.7. The first kappa shape index (κ1) is 44.7. The van der Waals surface area contributed by atoms with Gasteiger partial charge in [0.1, 0.15) is 35.9 Å². The zero-order chi connectivity index (χ0) is 44.0. The normalized spacial score (nSPS) is 19.0. The molecule has 5 N–H and O–H groups in total. The lowest BCUT2D eigenvalue weighted by Crippen LogP contribution is -2.39. The molecule has 62 heavy (non-hydrogen) atoms. The van der Waals surface area contributed by atoms with Gasteiger partial charge in [-0.2, -0.15) is 0 Å². The van der Waals surface area contributed by atoms with E-state index in [0.717, 1.165) is 31.1 Å². The Morgan fingerprint density at radius 2 is 1.06 bits per heavy atom. The summed E-state index contributed by atoms with van der Waals surface area (Å²) in [5, 5.41) is 7.82. The molecule has 2 fully saturated rings. The molecule has 6 aromatic rings. The van der Waals surface area contributed by atoms with Crippen LogP contribution in [0.3, 0.4) is 0 Å². The minimum absolute atomic E-state index is 0.00465. The van der Waals surface area contributed by atoms with E-state index in [-0.39, 0.29) is 34.3 Å². The average molecular weight is 912 g/mol. The summed E-state index contributed by atoms with van der Waals surface area (Å²) in [4.78, 5) is 17.3. The molecule has 4 aromatic carbocycles. The lowest BCUT2D eigenvalue weighted by molar-refractivity contribution is 0.140. The maximum absolute atomic E-state index is 13.5. The van der Waals surface area contributed by atoms with Crippen LogP contribution < -0.4 is 40.0 Å². The van der Waals surface area contributed by atoms with Crippen LogP contribution in [0, 0.1) is 11.6 Å². The van der Waals surface area contributed by atoms with Crippen LogP contribution in [0.5, 0.6) is 23.0 Å². The number of benzene rings is 4. The highest BCUT2D eigenvalue weighted by atomic mass is 35.5. The summed E-state index contributed by atoms with van der Waals surface area (Å²) in [5.41, 5.74) is 8.54. The summed E-state index contributed by atoms with van der Waals surface area (Å²) in [5.74, 6) is 2.42. The van der Waals surface area contributed by atoms with Gasteiger partial charge in [0, 0.05) is 46.4 Å². The molecule has 19 heteroatoms. The van der Waals surface area contributed by atoms with Crippen molar-refractivity contribution in [3.63, 3.8) is 0 Å². The largest absolute Gasteiger partial charge is 0.493 e. The number of sulfonamides is 1. The molecule has 2 heterocycles. The third kappa shape index (κ3) is 11.4. The predicted molar refractivity (Wildman–Crippen MR) is 237 cm³/mol. The van der Waals surface area contributed by atoms with Crippen molar-refractivity contribution in [3.05, 3.63) is 95.0 Å². The van der Waals surface area contributed by atoms with Gasteiger partial charge in [-0.15, -0.1) is 0 Å². The molecule has 0 spiro atoms. The van der Waals surface area contributed by atoms with E-state index in [0.29, 0.717) is 88.1 Å². The summed E-state index contributed by atoms with van der Waals surface area (Å²) in [6.07, 6.45) is 10.6. The quantitative estimate of drug-likeness (QED) is 0.0912. The maximum Gasteiger partial charge on any atom is 0.208 e. The summed E-state index contributed by atoms with van der Waals surface area (Å²) in [6, 6.07) is 16.2. The fourth-order valence-electron chi connectivity index (χ4n) is 7.42. The Morgan fingerprint density at radius 1 is 0.629 bits per heavy atom. The van der Waals surface area contributed by atoms with E-state index >= 15 is 0 Å². The molecule has 2 aliphatic carbocycles. The number of nitrogens with zero attached hydrogens (tertiary/aromatic N) is 4. The Morgan fingerprint density at radius 3 is 1.47 bits per heavy atom. The van der Waals surface area contributed by atoms with Gasteiger partial charge in [0.2, 0.25) is 10.0 Å². The number of rotatable bonds is 12. The highest BCUT2D eigenvalue weighted by Gasteiger charge is 2.26. The average Bonchev–Trinajstić information content (AvgIpc) is 3.24. The van der Waals surface area contributed by atoms with E-state index in [1.165, 1.54) is 43.2 Å².